The largest absolute Gasteiger partial charge is 0.309 e. The van der Waals surface area contributed by atoms with Gasteiger partial charge in [-0.25, -0.2) is 0 Å². The number of nitrogens with one attached hydrogen (secondary N) is 1. The summed E-state index contributed by atoms with van der Waals surface area (Å²) >= 11 is 0. The lowest BCUT2D eigenvalue weighted by Gasteiger charge is -2.17. The molecule has 3 rings (SSSR count). The molecule has 1 aliphatic heterocycles. The van der Waals surface area contributed by atoms with Crippen molar-refractivity contribution in [3.8, 4) is 0 Å². The number of benzene rings is 2. The summed E-state index contributed by atoms with van der Waals surface area (Å²) in [7, 11) is 0. The van der Waals surface area contributed by atoms with E-state index in [4.69, 9.17) is 0 Å². The maximum Gasteiger partial charge on any atom is 0.0214 e. The van der Waals surface area contributed by atoms with Gasteiger partial charge >= 0.3 is 0 Å². The SMILES string of the molecule is CCC.c1cc2c3c(cccc3c1)CNC2. The lowest BCUT2D eigenvalue weighted by molar-refractivity contribution is 0.683. The summed E-state index contributed by atoms with van der Waals surface area (Å²) in [5, 5.41) is 6.23. The minimum atomic E-state index is 1.01. The predicted molar refractivity (Wildman–Crippen MR) is 70.5 cm³/mol. The van der Waals surface area contributed by atoms with Gasteiger partial charge in [-0.2, -0.15) is 0 Å². The van der Waals surface area contributed by atoms with Gasteiger partial charge in [0, 0.05) is 13.1 Å². The highest BCUT2D eigenvalue weighted by molar-refractivity contribution is 5.89. The van der Waals surface area contributed by atoms with Gasteiger partial charge in [0.15, 0.2) is 0 Å². The Labute approximate surface area is 97.5 Å². The average molecular weight is 213 g/mol. The molecular formula is C15H19N. The molecule has 1 heteroatoms. The Balaban J connectivity index is 0.000000292. The monoisotopic (exact) mass is 213 g/mol. The summed E-state index contributed by atoms with van der Waals surface area (Å²) in [5.41, 5.74) is 2.86. The van der Waals surface area contributed by atoms with Crippen LogP contribution in [0.25, 0.3) is 10.8 Å². The van der Waals surface area contributed by atoms with Gasteiger partial charge < -0.3 is 5.32 Å². The predicted octanol–water partition coefficient (Wildman–Crippen LogP) is 3.86. The molecular weight excluding hydrogens is 194 g/mol. The first kappa shape index (κ1) is 11.2. The zero-order valence-corrected chi connectivity index (χ0v) is 10.1. The first-order valence-corrected chi connectivity index (χ1v) is 6.07. The van der Waals surface area contributed by atoms with Crippen molar-refractivity contribution >= 4 is 10.8 Å². The van der Waals surface area contributed by atoms with Crippen LogP contribution in [-0.2, 0) is 13.1 Å². The van der Waals surface area contributed by atoms with Crippen molar-refractivity contribution in [2.75, 3.05) is 0 Å². The standard InChI is InChI=1S/C12H11N.C3H8/c1-3-9-4-2-6-11-8-13-7-10(5-1)12(9)11;1-3-2/h1-6,13H,7-8H2;3H2,1-2H3. The average Bonchev–Trinajstić information content (AvgIpc) is 2.31. The Hall–Kier alpha value is -1.34. The van der Waals surface area contributed by atoms with Gasteiger partial charge in [-0.15, -0.1) is 0 Å². The van der Waals surface area contributed by atoms with E-state index in [9.17, 15) is 0 Å². The molecule has 0 saturated carbocycles. The van der Waals surface area contributed by atoms with Crippen molar-refractivity contribution in [1.82, 2.24) is 5.32 Å². The molecule has 84 valence electrons. The molecule has 0 aliphatic carbocycles. The van der Waals surface area contributed by atoms with Crippen LogP contribution in [0.4, 0.5) is 0 Å². The minimum Gasteiger partial charge on any atom is -0.309 e. The Kier molecular flexibility index (Phi) is 3.58. The first-order valence-electron chi connectivity index (χ1n) is 6.07. The van der Waals surface area contributed by atoms with Gasteiger partial charge in [0.2, 0.25) is 0 Å². The van der Waals surface area contributed by atoms with Crippen LogP contribution < -0.4 is 5.32 Å². The van der Waals surface area contributed by atoms with Crippen molar-refractivity contribution < 1.29 is 0 Å². The molecule has 0 aromatic heterocycles. The molecule has 0 fully saturated rings. The van der Waals surface area contributed by atoms with Crippen LogP contribution in [0.2, 0.25) is 0 Å². The highest BCUT2D eigenvalue weighted by Crippen LogP contribution is 2.25. The van der Waals surface area contributed by atoms with E-state index in [1.54, 1.807) is 0 Å². The number of hydrogen-bond donors (Lipinski definition) is 1. The van der Waals surface area contributed by atoms with Gasteiger partial charge in [-0.3, -0.25) is 0 Å². The molecule has 2 aromatic rings. The third-order valence-corrected chi connectivity index (χ3v) is 2.71. The molecule has 0 spiro atoms. The fourth-order valence-electron chi connectivity index (χ4n) is 2.13. The molecule has 1 N–H and O–H groups in total. The smallest absolute Gasteiger partial charge is 0.0214 e. The van der Waals surface area contributed by atoms with E-state index in [1.807, 2.05) is 0 Å². The second kappa shape index (κ2) is 5.13. The lowest BCUT2D eigenvalue weighted by atomic mass is 9.96. The topological polar surface area (TPSA) is 12.0 Å². The molecule has 0 amide bonds. The van der Waals surface area contributed by atoms with Crippen molar-refractivity contribution in [3.05, 3.63) is 47.5 Å². The van der Waals surface area contributed by atoms with Crippen molar-refractivity contribution in [3.63, 3.8) is 0 Å². The first-order chi connectivity index (χ1) is 7.86. The Morgan fingerprint density at radius 2 is 1.44 bits per heavy atom. The molecule has 0 bridgehead atoms. The van der Waals surface area contributed by atoms with E-state index < -0.39 is 0 Å². The lowest BCUT2D eigenvalue weighted by Crippen LogP contribution is -2.18. The summed E-state index contributed by atoms with van der Waals surface area (Å²) < 4.78 is 0. The third-order valence-electron chi connectivity index (χ3n) is 2.71. The van der Waals surface area contributed by atoms with E-state index >= 15 is 0 Å². The molecule has 0 radical (unpaired) electrons. The minimum absolute atomic E-state index is 1.01. The van der Waals surface area contributed by atoms with Gasteiger partial charge in [-0.05, 0) is 21.9 Å². The van der Waals surface area contributed by atoms with Crippen LogP contribution in [0.1, 0.15) is 31.4 Å². The second-order valence-electron chi connectivity index (χ2n) is 4.24. The van der Waals surface area contributed by atoms with Crippen LogP contribution in [0, 0.1) is 0 Å². The molecule has 0 saturated heterocycles. The molecule has 2 aromatic carbocycles. The highest BCUT2D eigenvalue weighted by Gasteiger charge is 2.09. The van der Waals surface area contributed by atoms with Gasteiger partial charge in [0.1, 0.15) is 0 Å². The van der Waals surface area contributed by atoms with Crippen LogP contribution in [-0.4, -0.2) is 0 Å². The molecule has 1 aliphatic rings. The van der Waals surface area contributed by atoms with Crippen LogP contribution >= 0.6 is 0 Å². The number of hydrogen-bond acceptors (Lipinski definition) is 1. The van der Waals surface area contributed by atoms with Gasteiger partial charge in [-0.1, -0.05) is 56.7 Å². The van der Waals surface area contributed by atoms with Gasteiger partial charge in [0.05, 0.1) is 0 Å². The van der Waals surface area contributed by atoms with Crippen LogP contribution in [0.15, 0.2) is 36.4 Å². The summed E-state index contributed by atoms with van der Waals surface area (Å²) in [5.74, 6) is 0. The Bertz CT molecular complexity index is 435. The summed E-state index contributed by atoms with van der Waals surface area (Å²) in [4.78, 5) is 0. The maximum atomic E-state index is 3.40. The van der Waals surface area contributed by atoms with E-state index in [1.165, 1.54) is 28.3 Å². The highest BCUT2D eigenvalue weighted by atomic mass is 14.9. The fraction of sp³-hybridized carbons (Fsp3) is 0.333. The summed E-state index contributed by atoms with van der Waals surface area (Å²) in [6.45, 7) is 6.27. The van der Waals surface area contributed by atoms with Crippen molar-refractivity contribution in [2.45, 2.75) is 33.4 Å². The molecule has 1 heterocycles. The Morgan fingerprint density at radius 3 is 1.94 bits per heavy atom. The molecule has 1 nitrogen and oxygen atoms in total. The van der Waals surface area contributed by atoms with Crippen LogP contribution in [0.3, 0.4) is 0 Å². The van der Waals surface area contributed by atoms with Crippen molar-refractivity contribution in [1.29, 1.82) is 0 Å². The zero-order valence-electron chi connectivity index (χ0n) is 10.1. The number of rotatable bonds is 0. The van der Waals surface area contributed by atoms with E-state index in [2.05, 4.69) is 55.6 Å². The maximum absolute atomic E-state index is 3.40. The van der Waals surface area contributed by atoms with E-state index in [-0.39, 0.29) is 0 Å². The summed E-state index contributed by atoms with van der Waals surface area (Å²) in [6, 6.07) is 13.1. The van der Waals surface area contributed by atoms with E-state index in [0.717, 1.165) is 13.1 Å². The van der Waals surface area contributed by atoms with Crippen LogP contribution in [0.5, 0.6) is 0 Å². The molecule has 16 heavy (non-hydrogen) atoms. The van der Waals surface area contributed by atoms with E-state index in [0.29, 0.717) is 0 Å². The van der Waals surface area contributed by atoms with Crippen molar-refractivity contribution in [2.24, 2.45) is 0 Å². The zero-order chi connectivity index (χ0) is 11.4. The molecule has 0 unspecified atom stereocenters. The second-order valence-corrected chi connectivity index (χ2v) is 4.24. The fourth-order valence-corrected chi connectivity index (χ4v) is 2.13. The normalized spacial score (nSPS) is 13.1. The quantitative estimate of drug-likeness (QED) is 0.700. The van der Waals surface area contributed by atoms with Gasteiger partial charge in [0.25, 0.3) is 0 Å². The molecule has 0 atom stereocenters. The third kappa shape index (κ3) is 2.10. The Morgan fingerprint density at radius 1 is 0.938 bits per heavy atom. The summed E-state index contributed by atoms with van der Waals surface area (Å²) in [6.07, 6.45) is 1.25.